The molecule has 0 fully saturated rings. The van der Waals surface area contributed by atoms with Crippen molar-refractivity contribution in [3.8, 4) is 11.1 Å². The van der Waals surface area contributed by atoms with Gasteiger partial charge in [0.1, 0.15) is 6.61 Å². The van der Waals surface area contributed by atoms with E-state index in [1.807, 2.05) is 55.5 Å². The molecule has 1 aliphatic heterocycles. The molecule has 3 heteroatoms. The number of rotatable bonds is 1. The molecular formula is C18H13NO2. The van der Waals surface area contributed by atoms with Crippen molar-refractivity contribution in [3.63, 3.8) is 0 Å². The fraction of sp³-hybridized carbons (Fsp3) is 0.111. The second-order valence-corrected chi connectivity index (χ2v) is 5.27. The Kier molecular flexibility index (Phi) is 2.54. The Bertz CT molecular complexity index is 869. The van der Waals surface area contributed by atoms with E-state index < -0.39 is 0 Å². The molecule has 21 heavy (non-hydrogen) atoms. The number of pyridine rings is 1. The van der Waals surface area contributed by atoms with E-state index in [-0.39, 0.29) is 12.6 Å². The summed E-state index contributed by atoms with van der Waals surface area (Å²) in [4.78, 5) is 16.7. The fourth-order valence-electron chi connectivity index (χ4n) is 2.86. The van der Waals surface area contributed by atoms with Crippen LogP contribution in [-0.2, 0) is 11.3 Å². The third-order valence-electron chi connectivity index (χ3n) is 3.82. The van der Waals surface area contributed by atoms with Gasteiger partial charge in [0.05, 0.1) is 16.8 Å². The van der Waals surface area contributed by atoms with Gasteiger partial charge in [0, 0.05) is 10.9 Å². The maximum absolute atomic E-state index is 12.1. The lowest BCUT2D eigenvalue weighted by Crippen LogP contribution is -2.00. The van der Waals surface area contributed by atoms with Crippen LogP contribution in [0.4, 0.5) is 0 Å². The lowest BCUT2D eigenvalue weighted by Gasteiger charge is -2.11. The van der Waals surface area contributed by atoms with Crippen molar-refractivity contribution >= 4 is 16.9 Å². The molecular weight excluding hydrogens is 262 g/mol. The molecule has 0 N–H and O–H groups in total. The minimum absolute atomic E-state index is 0.262. The molecule has 0 amide bonds. The highest BCUT2D eigenvalue weighted by molar-refractivity contribution is 6.09. The van der Waals surface area contributed by atoms with Crippen LogP contribution in [0.3, 0.4) is 0 Å². The first-order valence-corrected chi connectivity index (χ1v) is 6.90. The average Bonchev–Trinajstić information content (AvgIpc) is 2.87. The van der Waals surface area contributed by atoms with E-state index in [2.05, 4.69) is 4.98 Å². The molecule has 0 saturated heterocycles. The lowest BCUT2D eigenvalue weighted by molar-refractivity contribution is 0.0534. The van der Waals surface area contributed by atoms with Gasteiger partial charge >= 0.3 is 5.97 Å². The first-order valence-electron chi connectivity index (χ1n) is 6.90. The summed E-state index contributed by atoms with van der Waals surface area (Å²) in [5.74, 6) is -0.279. The van der Waals surface area contributed by atoms with Crippen molar-refractivity contribution in [2.24, 2.45) is 0 Å². The van der Waals surface area contributed by atoms with E-state index >= 15 is 0 Å². The van der Waals surface area contributed by atoms with Gasteiger partial charge < -0.3 is 4.74 Å². The first-order chi connectivity index (χ1) is 10.2. The number of nitrogens with zero attached hydrogens (tertiary/aromatic N) is 1. The zero-order valence-corrected chi connectivity index (χ0v) is 11.6. The van der Waals surface area contributed by atoms with Crippen LogP contribution in [0.5, 0.6) is 0 Å². The summed E-state index contributed by atoms with van der Waals surface area (Å²) >= 11 is 0. The van der Waals surface area contributed by atoms with Crippen LogP contribution in [-0.4, -0.2) is 11.0 Å². The standard InChI is InChI=1S/C18H13NO2/c1-11-7-8-13-14(9-11)19-15-10-21-18(20)17(15)16(13)12-5-3-2-4-6-12/h2-9H,10H2,1H3. The largest absolute Gasteiger partial charge is 0.455 e. The highest BCUT2D eigenvalue weighted by Gasteiger charge is 2.28. The molecule has 0 bridgehead atoms. The summed E-state index contributed by atoms with van der Waals surface area (Å²) in [6.45, 7) is 2.30. The van der Waals surface area contributed by atoms with Crippen molar-refractivity contribution in [3.05, 3.63) is 65.4 Å². The van der Waals surface area contributed by atoms with Crippen molar-refractivity contribution in [2.75, 3.05) is 0 Å². The van der Waals surface area contributed by atoms with Crippen LogP contribution < -0.4 is 0 Å². The van der Waals surface area contributed by atoms with Crippen molar-refractivity contribution in [1.82, 2.24) is 4.98 Å². The summed E-state index contributed by atoms with van der Waals surface area (Å²) in [6.07, 6.45) is 0. The third-order valence-corrected chi connectivity index (χ3v) is 3.82. The van der Waals surface area contributed by atoms with E-state index in [4.69, 9.17) is 4.74 Å². The van der Waals surface area contributed by atoms with Crippen LogP contribution in [0.1, 0.15) is 21.6 Å². The van der Waals surface area contributed by atoms with Gasteiger partial charge in [-0.3, -0.25) is 0 Å². The molecule has 3 nitrogen and oxygen atoms in total. The topological polar surface area (TPSA) is 39.2 Å². The Hall–Kier alpha value is -2.68. The van der Waals surface area contributed by atoms with Gasteiger partial charge in [-0.05, 0) is 24.1 Å². The first kappa shape index (κ1) is 12.1. The molecule has 1 aromatic heterocycles. The molecule has 2 heterocycles. The zero-order valence-electron chi connectivity index (χ0n) is 11.6. The Balaban J connectivity index is 2.16. The Labute approximate surface area is 122 Å². The number of ether oxygens (including phenoxy) is 1. The Morgan fingerprint density at radius 3 is 2.67 bits per heavy atom. The van der Waals surface area contributed by atoms with E-state index in [0.29, 0.717) is 5.56 Å². The quantitative estimate of drug-likeness (QED) is 0.633. The second-order valence-electron chi connectivity index (χ2n) is 5.27. The number of benzene rings is 2. The molecule has 0 unspecified atom stereocenters. The van der Waals surface area contributed by atoms with Crippen LogP contribution in [0.25, 0.3) is 22.0 Å². The van der Waals surface area contributed by atoms with Crippen LogP contribution in [0, 0.1) is 6.92 Å². The smallest absolute Gasteiger partial charge is 0.341 e. The molecule has 0 atom stereocenters. The van der Waals surface area contributed by atoms with E-state index in [0.717, 1.165) is 33.3 Å². The number of aryl methyl sites for hydroxylation is 1. The number of aromatic nitrogens is 1. The fourth-order valence-corrected chi connectivity index (χ4v) is 2.86. The summed E-state index contributed by atoms with van der Waals surface area (Å²) < 4.78 is 5.19. The van der Waals surface area contributed by atoms with Crippen molar-refractivity contribution in [1.29, 1.82) is 0 Å². The summed E-state index contributed by atoms with van der Waals surface area (Å²) in [7, 11) is 0. The number of carbonyl (C=O) groups excluding carboxylic acids is 1. The predicted molar refractivity (Wildman–Crippen MR) is 81.0 cm³/mol. The third kappa shape index (κ3) is 1.82. The van der Waals surface area contributed by atoms with Crippen molar-refractivity contribution in [2.45, 2.75) is 13.5 Å². The predicted octanol–water partition coefficient (Wildman–Crippen LogP) is 3.88. The minimum atomic E-state index is -0.279. The Morgan fingerprint density at radius 1 is 1.05 bits per heavy atom. The lowest BCUT2D eigenvalue weighted by atomic mass is 9.94. The number of carbonyl (C=O) groups is 1. The van der Waals surface area contributed by atoms with Crippen LogP contribution in [0.15, 0.2) is 48.5 Å². The van der Waals surface area contributed by atoms with Gasteiger partial charge in [-0.25, -0.2) is 9.78 Å². The van der Waals surface area contributed by atoms with Gasteiger partial charge in [-0.1, -0.05) is 42.5 Å². The number of fused-ring (bicyclic) bond motifs is 2. The van der Waals surface area contributed by atoms with E-state index in [1.165, 1.54) is 0 Å². The summed E-state index contributed by atoms with van der Waals surface area (Å²) in [6, 6.07) is 16.1. The molecule has 1 aliphatic rings. The van der Waals surface area contributed by atoms with Gasteiger partial charge in [0.15, 0.2) is 0 Å². The van der Waals surface area contributed by atoms with Crippen LogP contribution in [0.2, 0.25) is 0 Å². The monoisotopic (exact) mass is 275 g/mol. The number of hydrogen-bond acceptors (Lipinski definition) is 3. The van der Waals surface area contributed by atoms with Gasteiger partial charge in [0.2, 0.25) is 0 Å². The average molecular weight is 275 g/mol. The highest BCUT2D eigenvalue weighted by Crippen LogP contribution is 2.36. The van der Waals surface area contributed by atoms with Crippen molar-refractivity contribution < 1.29 is 9.53 Å². The normalized spacial score (nSPS) is 13.3. The van der Waals surface area contributed by atoms with E-state index in [1.54, 1.807) is 0 Å². The van der Waals surface area contributed by atoms with Gasteiger partial charge in [-0.2, -0.15) is 0 Å². The zero-order chi connectivity index (χ0) is 14.4. The van der Waals surface area contributed by atoms with Gasteiger partial charge in [0.25, 0.3) is 0 Å². The minimum Gasteiger partial charge on any atom is -0.455 e. The number of esters is 1. The number of cyclic esters (lactones) is 1. The molecule has 4 rings (SSSR count). The molecule has 0 saturated carbocycles. The molecule has 0 radical (unpaired) electrons. The molecule has 0 aliphatic carbocycles. The SMILES string of the molecule is Cc1ccc2c(-c3ccccc3)c3c(nc2c1)COC3=O. The molecule has 3 aromatic rings. The van der Waals surface area contributed by atoms with E-state index in [9.17, 15) is 4.79 Å². The number of hydrogen-bond donors (Lipinski definition) is 0. The highest BCUT2D eigenvalue weighted by atomic mass is 16.5. The summed E-state index contributed by atoms with van der Waals surface area (Å²) in [5.41, 5.74) is 5.35. The second kappa shape index (κ2) is 4.42. The van der Waals surface area contributed by atoms with Gasteiger partial charge in [-0.15, -0.1) is 0 Å². The maximum atomic E-state index is 12.1. The summed E-state index contributed by atoms with van der Waals surface area (Å²) in [5, 5.41) is 0.990. The molecule has 0 spiro atoms. The molecule has 2 aromatic carbocycles. The molecule has 102 valence electrons. The van der Waals surface area contributed by atoms with Crippen LogP contribution >= 0.6 is 0 Å². The maximum Gasteiger partial charge on any atom is 0.341 e. The Morgan fingerprint density at radius 2 is 1.86 bits per heavy atom.